The molecule has 6 nitrogen and oxygen atoms in total. The van der Waals surface area contributed by atoms with Crippen LogP contribution in [-0.2, 0) is 14.8 Å². The molecular formula is C20H17BrFN3O3S2. The van der Waals surface area contributed by atoms with Crippen LogP contribution in [0.3, 0.4) is 0 Å². The molecule has 1 atom stereocenters. The lowest BCUT2D eigenvalue weighted by Gasteiger charge is -2.23. The van der Waals surface area contributed by atoms with Crippen LogP contribution in [0.4, 0.5) is 9.52 Å². The molecule has 1 fully saturated rings. The molecule has 10 heteroatoms. The molecule has 1 aliphatic rings. The average molecular weight is 510 g/mol. The van der Waals surface area contributed by atoms with Gasteiger partial charge in [0, 0.05) is 22.0 Å². The van der Waals surface area contributed by atoms with Crippen molar-refractivity contribution in [1.82, 2.24) is 9.29 Å². The summed E-state index contributed by atoms with van der Waals surface area (Å²) in [6, 6.07) is 11.4. The van der Waals surface area contributed by atoms with E-state index >= 15 is 0 Å². The third-order valence-corrected chi connectivity index (χ3v) is 8.01. The summed E-state index contributed by atoms with van der Waals surface area (Å²) in [6.07, 6.45) is 0.984. The Labute approximate surface area is 185 Å². The van der Waals surface area contributed by atoms with Crippen molar-refractivity contribution in [2.45, 2.75) is 23.8 Å². The van der Waals surface area contributed by atoms with Gasteiger partial charge < -0.3 is 5.32 Å². The van der Waals surface area contributed by atoms with Gasteiger partial charge in [-0.25, -0.2) is 17.8 Å². The maximum Gasteiger partial charge on any atom is 0.244 e. The molecule has 156 valence electrons. The summed E-state index contributed by atoms with van der Waals surface area (Å²) in [5.74, 6) is -0.940. The van der Waals surface area contributed by atoms with Gasteiger partial charge in [-0.1, -0.05) is 28.1 Å². The van der Waals surface area contributed by atoms with E-state index in [0.29, 0.717) is 18.0 Å². The van der Waals surface area contributed by atoms with E-state index in [1.807, 2.05) is 29.6 Å². The van der Waals surface area contributed by atoms with E-state index in [0.717, 1.165) is 27.9 Å². The standard InChI is InChI=1S/C20H17BrFN3O3S2/c21-14-5-3-13(4-6-14)17-12-29-20(23-17)24-19(26)18-2-1-11-25(18)30(27,28)16-9-7-15(22)8-10-16/h3-10,12,18H,1-2,11H2,(H,23,24,26). The van der Waals surface area contributed by atoms with E-state index in [1.165, 1.54) is 27.8 Å². The Bertz CT molecular complexity index is 1160. The third kappa shape index (κ3) is 4.31. The minimum absolute atomic E-state index is 0.0321. The first-order valence-corrected chi connectivity index (χ1v) is 12.3. The van der Waals surface area contributed by atoms with Crippen molar-refractivity contribution in [1.29, 1.82) is 0 Å². The SMILES string of the molecule is O=C(Nc1nc(-c2ccc(Br)cc2)cs1)C1CCCN1S(=O)(=O)c1ccc(F)cc1. The van der Waals surface area contributed by atoms with E-state index in [-0.39, 0.29) is 11.4 Å². The smallest absolute Gasteiger partial charge is 0.244 e. The fourth-order valence-electron chi connectivity index (χ4n) is 3.30. The minimum atomic E-state index is -3.90. The van der Waals surface area contributed by atoms with Crippen molar-refractivity contribution in [3.63, 3.8) is 0 Å². The van der Waals surface area contributed by atoms with Gasteiger partial charge in [0.2, 0.25) is 15.9 Å². The van der Waals surface area contributed by atoms with Gasteiger partial charge in [0.25, 0.3) is 0 Å². The molecule has 0 aliphatic carbocycles. The number of carbonyl (C=O) groups is 1. The highest BCUT2D eigenvalue weighted by Gasteiger charge is 2.39. The number of benzene rings is 2. The molecule has 2 heterocycles. The maximum absolute atomic E-state index is 13.2. The van der Waals surface area contributed by atoms with Gasteiger partial charge in [-0.05, 0) is 49.2 Å². The molecule has 1 N–H and O–H groups in total. The first kappa shape index (κ1) is 21.1. The summed E-state index contributed by atoms with van der Waals surface area (Å²) in [5.41, 5.74) is 1.64. The monoisotopic (exact) mass is 509 g/mol. The first-order valence-electron chi connectivity index (χ1n) is 9.14. The number of hydrogen-bond donors (Lipinski definition) is 1. The van der Waals surface area contributed by atoms with Gasteiger partial charge in [-0.3, -0.25) is 4.79 Å². The largest absolute Gasteiger partial charge is 0.301 e. The van der Waals surface area contributed by atoms with Crippen LogP contribution in [0.1, 0.15) is 12.8 Å². The van der Waals surface area contributed by atoms with Crippen LogP contribution in [0, 0.1) is 5.82 Å². The molecule has 1 aliphatic heterocycles. The number of sulfonamides is 1. The molecule has 30 heavy (non-hydrogen) atoms. The van der Waals surface area contributed by atoms with Gasteiger partial charge in [-0.2, -0.15) is 4.31 Å². The van der Waals surface area contributed by atoms with Crippen LogP contribution >= 0.6 is 27.3 Å². The van der Waals surface area contributed by atoms with Crippen molar-refractivity contribution < 1.29 is 17.6 Å². The number of aromatic nitrogens is 1. The Balaban J connectivity index is 1.50. The highest BCUT2D eigenvalue weighted by molar-refractivity contribution is 9.10. The lowest BCUT2D eigenvalue weighted by atomic mass is 10.2. The summed E-state index contributed by atoms with van der Waals surface area (Å²) in [5, 5.41) is 4.98. The Morgan fingerprint density at radius 2 is 1.87 bits per heavy atom. The average Bonchev–Trinajstić information content (AvgIpc) is 3.39. The summed E-state index contributed by atoms with van der Waals surface area (Å²) < 4.78 is 41.2. The first-order chi connectivity index (χ1) is 14.3. The topological polar surface area (TPSA) is 79.4 Å². The Morgan fingerprint density at radius 3 is 2.57 bits per heavy atom. The molecule has 0 saturated carbocycles. The molecular weight excluding hydrogens is 493 g/mol. The van der Waals surface area contributed by atoms with E-state index in [1.54, 1.807) is 0 Å². The fraction of sp³-hybridized carbons (Fsp3) is 0.200. The van der Waals surface area contributed by atoms with Gasteiger partial charge in [-0.15, -0.1) is 11.3 Å². The van der Waals surface area contributed by atoms with Crippen LogP contribution in [0.2, 0.25) is 0 Å². The van der Waals surface area contributed by atoms with Crippen molar-refractivity contribution in [3.8, 4) is 11.3 Å². The predicted molar refractivity (Wildman–Crippen MR) is 117 cm³/mol. The fourth-order valence-corrected chi connectivity index (χ4v) is 5.95. The van der Waals surface area contributed by atoms with Crippen molar-refractivity contribution >= 4 is 48.3 Å². The second-order valence-electron chi connectivity index (χ2n) is 6.76. The molecule has 1 saturated heterocycles. The summed E-state index contributed by atoms with van der Waals surface area (Å²) in [4.78, 5) is 17.2. The zero-order valence-corrected chi connectivity index (χ0v) is 18.8. The molecule has 1 unspecified atom stereocenters. The second-order valence-corrected chi connectivity index (χ2v) is 10.4. The number of halogens is 2. The van der Waals surface area contributed by atoms with Crippen LogP contribution in [0.25, 0.3) is 11.3 Å². The molecule has 0 bridgehead atoms. The van der Waals surface area contributed by atoms with Crippen molar-refractivity contribution in [2.75, 3.05) is 11.9 Å². The molecule has 0 spiro atoms. The zero-order chi connectivity index (χ0) is 21.3. The lowest BCUT2D eigenvalue weighted by Crippen LogP contribution is -2.43. The van der Waals surface area contributed by atoms with Crippen LogP contribution in [-0.4, -0.2) is 36.2 Å². The molecule has 1 amide bonds. The summed E-state index contributed by atoms with van der Waals surface area (Å²) >= 11 is 4.67. The number of rotatable bonds is 5. The van der Waals surface area contributed by atoms with Crippen LogP contribution < -0.4 is 5.32 Å². The zero-order valence-electron chi connectivity index (χ0n) is 15.6. The number of thiazole rings is 1. The summed E-state index contributed by atoms with van der Waals surface area (Å²) in [6.45, 7) is 0.236. The molecule has 0 radical (unpaired) electrons. The van der Waals surface area contributed by atoms with Crippen molar-refractivity contribution in [3.05, 3.63) is 64.2 Å². The van der Waals surface area contributed by atoms with Gasteiger partial charge in [0.05, 0.1) is 10.6 Å². The number of nitrogens with zero attached hydrogens (tertiary/aromatic N) is 2. The molecule has 1 aromatic heterocycles. The van der Waals surface area contributed by atoms with Crippen molar-refractivity contribution in [2.24, 2.45) is 0 Å². The van der Waals surface area contributed by atoms with E-state index in [4.69, 9.17) is 0 Å². The number of nitrogens with one attached hydrogen (secondary N) is 1. The number of anilines is 1. The molecule has 4 rings (SSSR count). The molecule has 2 aromatic carbocycles. The van der Waals surface area contributed by atoms with Crippen LogP contribution in [0.15, 0.2) is 63.3 Å². The Kier molecular flexibility index (Phi) is 6.01. The van der Waals surface area contributed by atoms with Gasteiger partial charge >= 0.3 is 0 Å². The molecule has 3 aromatic rings. The highest BCUT2D eigenvalue weighted by Crippen LogP contribution is 2.29. The van der Waals surface area contributed by atoms with E-state index in [9.17, 15) is 17.6 Å². The minimum Gasteiger partial charge on any atom is -0.301 e. The number of carbonyl (C=O) groups excluding carboxylic acids is 1. The highest BCUT2D eigenvalue weighted by atomic mass is 79.9. The Hall–Kier alpha value is -2.14. The van der Waals surface area contributed by atoms with Gasteiger partial charge in [0.15, 0.2) is 5.13 Å². The quantitative estimate of drug-likeness (QED) is 0.548. The number of amides is 1. The third-order valence-electron chi connectivity index (χ3n) is 4.80. The van der Waals surface area contributed by atoms with Gasteiger partial charge in [0.1, 0.15) is 11.9 Å². The van der Waals surface area contributed by atoms with Crippen LogP contribution in [0.5, 0.6) is 0 Å². The number of hydrogen-bond acceptors (Lipinski definition) is 5. The maximum atomic E-state index is 13.2. The van der Waals surface area contributed by atoms with E-state index in [2.05, 4.69) is 26.2 Å². The summed E-state index contributed by atoms with van der Waals surface area (Å²) in [7, 11) is -3.90. The Morgan fingerprint density at radius 1 is 1.17 bits per heavy atom. The van der Waals surface area contributed by atoms with E-state index < -0.39 is 27.8 Å². The second kappa shape index (κ2) is 8.54. The lowest BCUT2D eigenvalue weighted by molar-refractivity contribution is -0.119. The predicted octanol–water partition coefficient (Wildman–Crippen LogP) is 4.50. The normalized spacial score (nSPS) is 17.2.